The average molecular weight is 429 g/mol. The Morgan fingerprint density at radius 3 is 2.55 bits per heavy atom. The number of anilines is 2. The number of Topliss-reactive ketones (excluding diaryl/α,β-unsaturated/α-hetero) is 1. The number of nitrogens with zero attached hydrogens (tertiary/aromatic N) is 2. The van der Waals surface area contributed by atoms with E-state index in [9.17, 15) is 22.8 Å². The number of pyridine rings is 2. The molecular weight excluding hydrogens is 409 g/mol. The topological polar surface area (TPSA) is 84.0 Å². The molecule has 2 aromatic heterocycles. The molecule has 0 aliphatic heterocycles. The smallest absolute Gasteiger partial charge is 0.369 e. The summed E-state index contributed by atoms with van der Waals surface area (Å²) in [5.74, 6) is -0.149. The standard InChI is InChI=1S/C19H20ClF3N4O2/c1-11(2)18(29)27-16-8-12(5-7-24-16)15(28)4-3-6-25-17-14(20)9-13(10-26-17)19(21,22)23/h5,7-11H,3-4,6H2,1-2H3,(H,25,26)(H,24,27,29). The molecule has 10 heteroatoms. The minimum Gasteiger partial charge on any atom is -0.369 e. The van der Waals surface area contributed by atoms with E-state index >= 15 is 0 Å². The molecule has 156 valence electrons. The van der Waals surface area contributed by atoms with Gasteiger partial charge >= 0.3 is 6.18 Å². The zero-order valence-corrected chi connectivity index (χ0v) is 16.6. The summed E-state index contributed by atoms with van der Waals surface area (Å²) in [4.78, 5) is 31.7. The van der Waals surface area contributed by atoms with Crippen LogP contribution in [0.5, 0.6) is 0 Å². The number of aromatic nitrogens is 2. The molecule has 0 atom stereocenters. The van der Waals surface area contributed by atoms with Crippen LogP contribution in [0, 0.1) is 5.92 Å². The number of ketones is 1. The lowest BCUT2D eigenvalue weighted by atomic mass is 10.1. The van der Waals surface area contributed by atoms with Gasteiger partial charge in [-0.25, -0.2) is 9.97 Å². The van der Waals surface area contributed by atoms with Crippen LogP contribution in [0.25, 0.3) is 0 Å². The van der Waals surface area contributed by atoms with E-state index < -0.39 is 11.7 Å². The van der Waals surface area contributed by atoms with Gasteiger partial charge in [-0.1, -0.05) is 25.4 Å². The number of hydrogen-bond donors (Lipinski definition) is 2. The van der Waals surface area contributed by atoms with Crippen molar-refractivity contribution in [3.8, 4) is 0 Å². The molecule has 0 aromatic carbocycles. The number of amides is 1. The van der Waals surface area contributed by atoms with Gasteiger partial charge in [0.1, 0.15) is 11.6 Å². The van der Waals surface area contributed by atoms with Crippen molar-refractivity contribution in [2.45, 2.75) is 32.9 Å². The molecule has 2 N–H and O–H groups in total. The van der Waals surface area contributed by atoms with Crippen LogP contribution in [-0.4, -0.2) is 28.2 Å². The molecular formula is C19H20ClF3N4O2. The highest BCUT2D eigenvalue weighted by molar-refractivity contribution is 6.32. The Morgan fingerprint density at radius 1 is 1.21 bits per heavy atom. The van der Waals surface area contributed by atoms with E-state index in [0.717, 1.165) is 6.07 Å². The Bertz CT molecular complexity index is 888. The van der Waals surface area contributed by atoms with Gasteiger partial charge in [0.2, 0.25) is 5.91 Å². The predicted molar refractivity (Wildman–Crippen MR) is 104 cm³/mol. The molecule has 1 amide bonds. The van der Waals surface area contributed by atoms with E-state index in [1.54, 1.807) is 19.9 Å². The van der Waals surface area contributed by atoms with Crippen LogP contribution in [0.3, 0.4) is 0 Å². The molecule has 29 heavy (non-hydrogen) atoms. The molecule has 0 spiro atoms. The molecule has 0 aliphatic rings. The first-order valence-electron chi connectivity index (χ1n) is 8.84. The van der Waals surface area contributed by atoms with Crippen molar-refractivity contribution >= 4 is 34.9 Å². The summed E-state index contributed by atoms with van der Waals surface area (Å²) in [5.41, 5.74) is -0.522. The number of halogens is 4. The summed E-state index contributed by atoms with van der Waals surface area (Å²) < 4.78 is 37.8. The summed E-state index contributed by atoms with van der Waals surface area (Å²) in [5, 5.41) is 5.30. The highest BCUT2D eigenvalue weighted by Gasteiger charge is 2.31. The van der Waals surface area contributed by atoms with Crippen LogP contribution < -0.4 is 10.6 Å². The molecule has 0 unspecified atom stereocenters. The molecule has 6 nitrogen and oxygen atoms in total. The lowest BCUT2D eigenvalue weighted by molar-refractivity contribution is -0.137. The highest BCUT2D eigenvalue weighted by atomic mass is 35.5. The Balaban J connectivity index is 1.87. The number of carbonyl (C=O) groups is 2. The van der Waals surface area contributed by atoms with Crippen LogP contribution in [0.1, 0.15) is 42.6 Å². The van der Waals surface area contributed by atoms with Gasteiger partial charge in [0.15, 0.2) is 5.78 Å². The van der Waals surface area contributed by atoms with Gasteiger partial charge in [-0.15, -0.1) is 0 Å². The van der Waals surface area contributed by atoms with Gasteiger partial charge in [0, 0.05) is 36.8 Å². The third-order valence-corrected chi connectivity index (χ3v) is 4.19. The molecule has 2 aromatic rings. The Kier molecular flexibility index (Phi) is 7.55. The van der Waals surface area contributed by atoms with Gasteiger partial charge < -0.3 is 10.6 Å². The summed E-state index contributed by atoms with van der Waals surface area (Å²) >= 11 is 5.82. The Hall–Kier alpha value is -2.68. The van der Waals surface area contributed by atoms with E-state index in [4.69, 9.17) is 11.6 Å². The van der Waals surface area contributed by atoms with Crippen molar-refractivity contribution in [1.29, 1.82) is 0 Å². The van der Waals surface area contributed by atoms with E-state index in [1.807, 2.05) is 0 Å². The maximum absolute atomic E-state index is 12.6. The van der Waals surface area contributed by atoms with Gasteiger partial charge in [0.25, 0.3) is 0 Å². The molecule has 0 fully saturated rings. The van der Waals surface area contributed by atoms with Crippen molar-refractivity contribution in [3.63, 3.8) is 0 Å². The average Bonchev–Trinajstić information content (AvgIpc) is 2.65. The maximum atomic E-state index is 12.6. The van der Waals surface area contributed by atoms with Crippen molar-refractivity contribution in [2.75, 3.05) is 17.2 Å². The van der Waals surface area contributed by atoms with Gasteiger partial charge in [-0.2, -0.15) is 13.2 Å². The quantitative estimate of drug-likeness (QED) is 0.465. The molecule has 0 aliphatic carbocycles. The van der Waals surface area contributed by atoms with Crippen molar-refractivity contribution in [1.82, 2.24) is 9.97 Å². The largest absolute Gasteiger partial charge is 0.417 e. The van der Waals surface area contributed by atoms with E-state index in [2.05, 4.69) is 20.6 Å². The van der Waals surface area contributed by atoms with Crippen LogP contribution in [0.4, 0.5) is 24.8 Å². The predicted octanol–water partition coefficient (Wildman–Crippen LogP) is 4.82. The molecule has 0 saturated heterocycles. The lowest BCUT2D eigenvalue weighted by Gasteiger charge is -2.11. The monoisotopic (exact) mass is 428 g/mol. The van der Waals surface area contributed by atoms with Crippen molar-refractivity contribution in [3.05, 3.63) is 46.7 Å². The van der Waals surface area contributed by atoms with Crippen molar-refractivity contribution < 1.29 is 22.8 Å². The summed E-state index contributed by atoms with van der Waals surface area (Å²) in [6.45, 7) is 3.79. The fourth-order valence-electron chi connectivity index (χ4n) is 2.27. The number of alkyl halides is 3. The number of carbonyl (C=O) groups excluding carboxylic acids is 2. The fraction of sp³-hybridized carbons (Fsp3) is 0.368. The van der Waals surface area contributed by atoms with E-state index in [0.29, 0.717) is 30.5 Å². The van der Waals surface area contributed by atoms with Crippen LogP contribution in [-0.2, 0) is 11.0 Å². The fourth-order valence-corrected chi connectivity index (χ4v) is 2.50. The maximum Gasteiger partial charge on any atom is 0.417 e. The van der Waals surface area contributed by atoms with E-state index in [1.165, 1.54) is 12.3 Å². The highest BCUT2D eigenvalue weighted by Crippen LogP contribution is 2.32. The van der Waals surface area contributed by atoms with E-state index in [-0.39, 0.29) is 34.9 Å². The summed E-state index contributed by atoms with van der Waals surface area (Å²) in [6, 6.07) is 3.85. The SMILES string of the molecule is CC(C)C(=O)Nc1cc(C(=O)CCCNc2ncc(C(F)(F)F)cc2Cl)ccn1. The number of hydrogen-bond acceptors (Lipinski definition) is 5. The lowest BCUT2D eigenvalue weighted by Crippen LogP contribution is -2.18. The molecule has 2 rings (SSSR count). The third kappa shape index (κ3) is 6.70. The normalized spacial score (nSPS) is 11.4. The molecule has 0 saturated carbocycles. The minimum atomic E-state index is -4.51. The second kappa shape index (κ2) is 9.69. The minimum absolute atomic E-state index is 0.120. The first-order valence-corrected chi connectivity index (χ1v) is 9.22. The summed E-state index contributed by atoms with van der Waals surface area (Å²) in [7, 11) is 0. The molecule has 0 radical (unpaired) electrons. The van der Waals surface area contributed by atoms with Gasteiger partial charge in [-0.05, 0) is 24.6 Å². The second-order valence-corrected chi connectivity index (χ2v) is 6.99. The molecule has 0 bridgehead atoms. The van der Waals surface area contributed by atoms with Gasteiger partial charge in [0.05, 0.1) is 10.6 Å². The number of rotatable bonds is 8. The van der Waals surface area contributed by atoms with Crippen molar-refractivity contribution in [2.24, 2.45) is 5.92 Å². The Morgan fingerprint density at radius 2 is 1.93 bits per heavy atom. The van der Waals surface area contributed by atoms with Crippen LogP contribution >= 0.6 is 11.6 Å². The second-order valence-electron chi connectivity index (χ2n) is 6.58. The number of nitrogens with one attached hydrogen (secondary N) is 2. The van der Waals surface area contributed by atoms with Crippen LogP contribution in [0.2, 0.25) is 5.02 Å². The Labute approximate surface area is 170 Å². The van der Waals surface area contributed by atoms with Crippen LogP contribution in [0.15, 0.2) is 30.6 Å². The third-order valence-electron chi connectivity index (χ3n) is 3.90. The molecule has 2 heterocycles. The van der Waals surface area contributed by atoms with Gasteiger partial charge in [-0.3, -0.25) is 9.59 Å². The zero-order valence-electron chi connectivity index (χ0n) is 15.8. The summed E-state index contributed by atoms with van der Waals surface area (Å²) in [6.07, 6.45) is -1.78. The first kappa shape index (κ1) is 22.6. The first-order chi connectivity index (χ1) is 13.6. The zero-order chi connectivity index (χ0) is 21.6.